The summed E-state index contributed by atoms with van der Waals surface area (Å²) in [4.78, 5) is 29.9. The maximum atomic E-state index is 12.9. The van der Waals surface area contributed by atoms with Crippen LogP contribution in [0.1, 0.15) is 60.3 Å². The lowest BCUT2D eigenvalue weighted by Crippen LogP contribution is -2.51. The lowest BCUT2D eigenvalue weighted by molar-refractivity contribution is -0.120. The summed E-state index contributed by atoms with van der Waals surface area (Å²) in [5.41, 5.74) is 3.13. The van der Waals surface area contributed by atoms with Crippen LogP contribution in [0.4, 0.5) is 0 Å². The van der Waals surface area contributed by atoms with Crippen LogP contribution in [0.2, 0.25) is 0 Å². The van der Waals surface area contributed by atoms with Crippen molar-refractivity contribution >= 4 is 12.3 Å². The normalized spacial score (nSPS) is 23.7. The maximum Gasteiger partial charge on any atom is 0.274 e. The molecule has 1 saturated heterocycles. The summed E-state index contributed by atoms with van der Waals surface area (Å²) in [5.74, 6) is 0.722. The van der Waals surface area contributed by atoms with Gasteiger partial charge in [-0.25, -0.2) is 0 Å². The highest BCUT2D eigenvalue weighted by atomic mass is 16.2. The zero-order valence-corrected chi connectivity index (χ0v) is 18.0. The first-order chi connectivity index (χ1) is 14.1. The summed E-state index contributed by atoms with van der Waals surface area (Å²) in [7, 11) is 3.63. The second-order valence-corrected chi connectivity index (χ2v) is 9.23. The molecule has 0 bridgehead atoms. The summed E-state index contributed by atoms with van der Waals surface area (Å²) in [6.45, 7) is 4.41. The molecule has 0 spiro atoms. The van der Waals surface area contributed by atoms with E-state index in [0.29, 0.717) is 17.7 Å². The molecular formula is C22H35N5O2. The lowest BCUT2D eigenvalue weighted by Gasteiger charge is -2.39. The number of hydrogen-bond acceptors (Lipinski definition) is 4. The van der Waals surface area contributed by atoms with Gasteiger partial charge in [0.25, 0.3) is 5.91 Å². The molecule has 7 nitrogen and oxygen atoms in total. The molecule has 7 heteroatoms. The van der Waals surface area contributed by atoms with Gasteiger partial charge in [0.1, 0.15) is 0 Å². The second kappa shape index (κ2) is 8.86. The summed E-state index contributed by atoms with van der Waals surface area (Å²) >= 11 is 0. The van der Waals surface area contributed by atoms with Crippen LogP contribution >= 0.6 is 0 Å². The van der Waals surface area contributed by atoms with Crippen molar-refractivity contribution in [1.82, 2.24) is 24.5 Å². The van der Waals surface area contributed by atoms with E-state index in [1.165, 1.54) is 43.4 Å². The Morgan fingerprint density at radius 3 is 2.48 bits per heavy atom. The average Bonchev–Trinajstić information content (AvgIpc) is 3.11. The van der Waals surface area contributed by atoms with Crippen LogP contribution in [-0.2, 0) is 24.2 Å². The molecule has 0 radical (unpaired) electrons. The fourth-order valence-corrected chi connectivity index (χ4v) is 5.34. The Kier molecular flexibility index (Phi) is 6.23. The summed E-state index contributed by atoms with van der Waals surface area (Å²) in [5, 5.41) is 4.86. The van der Waals surface area contributed by atoms with E-state index in [2.05, 4.69) is 9.58 Å². The molecule has 1 aromatic rings. The fourth-order valence-electron chi connectivity index (χ4n) is 5.34. The molecule has 1 saturated carbocycles. The number of piperazine rings is 1. The maximum absolute atomic E-state index is 12.9. The molecule has 4 rings (SSSR count). The summed E-state index contributed by atoms with van der Waals surface area (Å²) in [6.07, 6.45) is 10.5. The largest absolute Gasteiger partial charge is 0.343 e. The van der Waals surface area contributed by atoms with Gasteiger partial charge in [0.05, 0.1) is 0 Å². The van der Waals surface area contributed by atoms with Gasteiger partial charge in [0, 0.05) is 64.1 Å². The number of fused-ring (bicyclic) bond motifs is 1. The quantitative estimate of drug-likeness (QED) is 0.706. The van der Waals surface area contributed by atoms with Crippen LogP contribution in [0.5, 0.6) is 0 Å². The molecule has 0 unspecified atom stereocenters. The highest BCUT2D eigenvalue weighted by molar-refractivity contribution is 5.93. The van der Waals surface area contributed by atoms with E-state index in [1.807, 2.05) is 19.0 Å². The van der Waals surface area contributed by atoms with Crippen LogP contribution in [0.15, 0.2) is 0 Å². The third-order valence-electron chi connectivity index (χ3n) is 7.10. The van der Waals surface area contributed by atoms with E-state index in [1.54, 1.807) is 4.90 Å². The van der Waals surface area contributed by atoms with E-state index < -0.39 is 0 Å². The zero-order chi connectivity index (χ0) is 20.4. The number of nitrogens with zero attached hydrogens (tertiary/aromatic N) is 5. The van der Waals surface area contributed by atoms with Crippen molar-refractivity contribution < 1.29 is 9.59 Å². The Balaban J connectivity index is 1.54. The van der Waals surface area contributed by atoms with Gasteiger partial charge in [0.2, 0.25) is 6.41 Å². The minimum absolute atomic E-state index is 0.0232. The summed E-state index contributed by atoms with van der Waals surface area (Å²) < 4.78 is 2.18. The molecule has 1 aliphatic heterocycles. The Hall–Kier alpha value is -1.89. The van der Waals surface area contributed by atoms with Gasteiger partial charge in [-0.15, -0.1) is 0 Å². The van der Waals surface area contributed by atoms with Gasteiger partial charge < -0.3 is 9.80 Å². The SMILES string of the molecule is CN(C)C(=O)c1nn(CC2CCCCC2)c2c1C[C@@H](N1CCN(C=O)CC1)CC2. The Morgan fingerprint density at radius 1 is 1.10 bits per heavy atom. The van der Waals surface area contributed by atoms with E-state index in [4.69, 9.17) is 5.10 Å². The number of rotatable bonds is 5. The van der Waals surface area contributed by atoms with Crippen molar-refractivity contribution in [2.75, 3.05) is 40.3 Å². The first-order valence-electron chi connectivity index (χ1n) is 11.3. The van der Waals surface area contributed by atoms with Crippen LogP contribution in [0, 0.1) is 5.92 Å². The van der Waals surface area contributed by atoms with Crippen molar-refractivity contribution in [2.45, 2.75) is 64.0 Å². The minimum atomic E-state index is 0.0232. The van der Waals surface area contributed by atoms with E-state index in [0.717, 1.165) is 58.4 Å². The van der Waals surface area contributed by atoms with Crippen molar-refractivity contribution in [3.05, 3.63) is 17.0 Å². The van der Waals surface area contributed by atoms with E-state index in [-0.39, 0.29) is 5.91 Å². The highest BCUT2D eigenvalue weighted by Gasteiger charge is 2.33. The third kappa shape index (κ3) is 4.34. The molecule has 1 aromatic heterocycles. The van der Waals surface area contributed by atoms with Gasteiger partial charge >= 0.3 is 0 Å². The monoisotopic (exact) mass is 401 g/mol. The van der Waals surface area contributed by atoms with Crippen molar-refractivity contribution in [3.8, 4) is 0 Å². The van der Waals surface area contributed by atoms with E-state index in [9.17, 15) is 9.59 Å². The van der Waals surface area contributed by atoms with E-state index >= 15 is 0 Å². The predicted octanol–water partition coefficient (Wildman–Crippen LogP) is 1.80. The number of carbonyl (C=O) groups is 2. The first kappa shape index (κ1) is 20.4. The Bertz CT molecular complexity index is 730. The Labute approximate surface area is 174 Å². The molecule has 160 valence electrons. The van der Waals surface area contributed by atoms with Gasteiger partial charge in [-0.1, -0.05) is 19.3 Å². The smallest absolute Gasteiger partial charge is 0.274 e. The van der Waals surface area contributed by atoms with Gasteiger partial charge in [0.15, 0.2) is 5.69 Å². The third-order valence-corrected chi connectivity index (χ3v) is 7.10. The molecule has 2 heterocycles. The predicted molar refractivity (Wildman–Crippen MR) is 112 cm³/mol. The number of amides is 2. The number of hydrogen-bond donors (Lipinski definition) is 0. The van der Waals surface area contributed by atoms with Gasteiger partial charge in [-0.3, -0.25) is 19.2 Å². The van der Waals surface area contributed by atoms with Gasteiger partial charge in [-0.05, 0) is 38.0 Å². The first-order valence-corrected chi connectivity index (χ1v) is 11.3. The molecule has 0 N–H and O–H groups in total. The van der Waals surface area contributed by atoms with Crippen molar-refractivity contribution in [1.29, 1.82) is 0 Å². The molecule has 2 amide bonds. The molecular weight excluding hydrogens is 366 g/mol. The highest BCUT2D eigenvalue weighted by Crippen LogP contribution is 2.31. The fraction of sp³-hybridized carbons (Fsp3) is 0.773. The molecule has 2 aliphatic carbocycles. The summed E-state index contributed by atoms with van der Waals surface area (Å²) in [6, 6.07) is 0.442. The van der Waals surface area contributed by atoms with Crippen molar-refractivity contribution in [2.24, 2.45) is 5.92 Å². The second-order valence-electron chi connectivity index (χ2n) is 9.23. The molecule has 0 aromatic carbocycles. The molecule has 1 atom stereocenters. The Morgan fingerprint density at radius 2 is 1.83 bits per heavy atom. The van der Waals surface area contributed by atoms with Crippen LogP contribution < -0.4 is 0 Å². The minimum Gasteiger partial charge on any atom is -0.343 e. The molecule has 3 aliphatic rings. The average molecular weight is 402 g/mol. The zero-order valence-electron chi connectivity index (χ0n) is 18.0. The topological polar surface area (TPSA) is 61.7 Å². The van der Waals surface area contributed by atoms with Crippen LogP contribution in [0.3, 0.4) is 0 Å². The standard InChI is InChI=1S/C22H35N5O2/c1-24(2)22(29)21-19-14-18(26-12-10-25(16-28)11-13-26)8-9-20(19)27(23-21)15-17-6-4-3-5-7-17/h16-18H,3-15H2,1-2H3/t18-/m0/s1. The van der Waals surface area contributed by atoms with Gasteiger partial charge in [-0.2, -0.15) is 5.10 Å². The van der Waals surface area contributed by atoms with Crippen molar-refractivity contribution in [3.63, 3.8) is 0 Å². The van der Waals surface area contributed by atoms with Crippen LogP contribution in [-0.4, -0.2) is 83.1 Å². The molecule has 2 fully saturated rings. The number of carbonyl (C=O) groups excluding carboxylic acids is 2. The molecule has 29 heavy (non-hydrogen) atoms. The lowest BCUT2D eigenvalue weighted by atomic mass is 9.88. The number of aromatic nitrogens is 2. The van der Waals surface area contributed by atoms with Crippen LogP contribution in [0.25, 0.3) is 0 Å².